The number of hydrogen-bond donors (Lipinski definition) is 0. The first-order valence-corrected chi connectivity index (χ1v) is 6.88. The molecule has 0 saturated heterocycles. The van der Waals surface area contributed by atoms with E-state index in [0.717, 1.165) is 0 Å². The highest BCUT2D eigenvalue weighted by Crippen LogP contribution is 2.51. The van der Waals surface area contributed by atoms with Crippen molar-refractivity contribution in [2.24, 2.45) is 5.41 Å². The fraction of sp³-hybridized carbons (Fsp3) is 1.00. The minimum absolute atomic E-state index is 0.214. The van der Waals surface area contributed by atoms with Gasteiger partial charge in [0.05, 0.1) is 0 Å². The maximum Gasteiger partial charge on any atom is -0.0149 e. The van der Waals surface area contributed by atoms with Crippen LogP contribution in [-0.4, -0.2) is 18.0 Å². The van der Waals surface area contributed by atoms with E-state index in [1.54, 1.807) is 0 Å². The molecule has 12 heavy (non-hydrogen) atoms. The second kappa shape index (κ2) is 4.09. The van der Waals surface area contributed by atoms with E-state index >= 15 is 0 Å². The third kappa shape index (κ3) is 4.45. The predicted molar refractivity (Wildman–Crippen MR) is 61.5 cm³/mol. The maximum atomic E-state index is 2.43. The van der Waals surface area contributed by atoms with Gasteiger partial charge in [0.1, 0.15) is 0 Å². The second-order valence-corrected chi connectivity index (χ2v) is 8.80. The normalized spacial score (nSPS) is 16.2. The molecule has 0 spiro atoms. The zero-order valence-electron chi connectivity index (χ0n) is 9.86. The summed E-state index contributed by atoms with van der Waals surface area (Å²) in [7, 11) is 0.214. The van der Waals surface area contributed by atoms with Gasteiger partial charge in [-0.05, 0) is 29.8 Å². The SMILES string of the molecule is CC[P@@](C)C(C)(C)CC(C)(C)C. The first kappa shape index (κ1) is 12.4. The molecular formula is C11H25P. The molecule has 0 aromatic heterocycles. The molecule has 1 heteroatoms. The van der Waals surface area contributed by atoms with Crippen LogP contribution >= 0.6 is 7.92 Å². The predicted octanol–water partition coefficient (Wildman–Crippen LogP) is 4.33. The van der Waals surface area contributed by atoms with Crippen LogP contribution in [0, 0.1) is 5.41 Å². The molecule has 0 heterocycles. The molecule has 0 aromatic carbocycles. The maximum absolute atomic E-state index is 2.43. The van der Waals surface area contributed by atoms with Gasteiger partial charge in [-0.1, -0.05) is 41.5 Å². The largest absolute Gasteiger partial charge is 0.104 e. The fourth-order valence-electron chi connectivity index (χ4n) is 1.86. The zero-order valence-corrected chi connectivity index (χ0v) is 10.8. The van der Waals surface area contributed by atoms with Gasteiger partial charge < -0.3 is 0 Å². The Labute approximate surface area is 79.9 Å². The number of rotatable bonds is 3. The van der Waals surface area contributed by atoms with E-state index in [9.17, 15) is 0 Å². The van der Waals surface area contributed by atoms with Crippen molar-refractivity contribution in [3.8, 4) is 0 Å². The van der Waals surface area contributed by atoms with E-state index in [1.807, 2.05) is 0 Å². The summed E-state index contributed by atoms with van der Waals surface area (Å²) < 4.78 is 0. The van der Waals surface area contributed by atoms with E-state index in [1.165, 1.54) is 12.6 Å². The van der Waals surface area contributed by atoms with Crippen molar-refractivity contribution in [2.45, 2.75) is 53.1 Å². The molecule has 0 saturated carbocycles. The zero-order chi connectivity index (χ0) is 9.99. The van der Waals surface area contributed by atoms with Gasteiger partial charge in [0.15, 0.2) is 0 Å². The van der Waals surface area contributed by atoms with E-state index in [2.05, 4.69) is 48.2 Å². The van der Waals surface area contributed by atoms with Crippen LogP contribution in [0.1, 0.15) is 48.0 Å². The van der Waals surface area contributed by atoms with E-state index < -0.39 is 0 Å². The summed E-state index contributed by atoms with van der Waals surface area (Å²) in [6.45, 7) is 16.6. The van der Waals surface area contributed by atoms with Crippen LogP contribution in [0.2, 0.25) is 0 Å². The summed E-state index contributed by atoms with van der Waals surface area (Å²) in [6.07, 6.45) is 2.70. The molecule has 0 aliphatic rings. The highest BCUT2D eigenvalue weighted by Gasteiger charge is 2.29. The summed E-state index contributed by atoms with van der Waals surface area (Å²) in [4.78, 5) is 0. The Morgan fingerprint density at radius 2 is 1.42 bits per heavy atom. The highest BCUT2D eigenvalue weighted by molar-refractivity contribution is 7.58. The molecule has 0 amide bonds. The minimum Gasteiger partial charge on any atom is -0.104 e. The van der Waals surface area contributed by atoms with Gasteiger partial charge >= 0.3 is 0 Å². The second-order valence-electron chi connectivity index (χ2n) is 5.56. The molecule has 0 radical (unpaired) electrons. The molecule has 0 aliphatic carbocycles. The summed E-state index contributed by atoms with van der Waals surface area (Å²) in [5.74, 6) is 0. The van der Waals surface area contributed by atoms with Crippen molar-refractivity contribution in [3.05, 3.63) is 0 Å². The summed E-state index contributed by atoms with van der Waals surface area (Å²) in [5.41, 5.74) is 0.481. The standard InChI is InChI=1S/C11H25P/c1-8-12(7)11(5,6)9-10(2,3)4/h8-9H2,1-7H3/t12-/m1/s1. The first-order valence-electron chi connectivity index (χ1n) is 4.90. The summed E-state index contributed by atoms with van der Waals surface area (Å²) in [5, 5.41) is 0.558. The lowest BCUT2D eigenvalue weighted by atomic mass is 9.86. The Bertz CT molecular complexity index is 130. The molecule has 0 fully saturated rings. The minimum atomic E-state index is 0.214. The first-order chi connectivity index (χ1) is 5.19. The lowest BCUT2D eigenvalue weighted by Crippen LogP contribution is -2.25. The van der Waals surface area contributed by atoms with E-state index in [-0.39, 0.29) is 7.92 Å². The molecule has 74 valence electrons. The Morgan fingerprint density at radius 3 is 1.67 bits per heavy atom. The Kier molecular flexibility index (Phi) is 4.24. The van der Waals surface area contributed by atoms with Gasteiger partial charge in [-0.25, -0.2) is 0 Å². The molecule has 0 rings (SSSR count). The Balaban J connectivity index is 4.22. The van der Waals surface area contributed by atoms with Crippen molar-refractivity contribution < 1.29 is 0 Å². The Morgan fingerprint density at radius 1 is 1.00 bits per heavy atom. The Hall–Kier alpha value is 0.430. The highest BCUT2D eigenvalue weighted by atomic mass is 31.1. The van der Waals surface area contributed by atoms with Crippen LogP contribution in [-0.2, 0) is 0 Å². The van der Waals surface area contributed by atoms with Crippen molar-refractivity contribution in [3.63, 3.8) is 0 Å². The fourth-order valence-corrected chi connectivity index (χ4v) is 3.46. The summed E-state index contributed by atoms with van der Waals surface area (Å²) in [6, 6.07) is 0. The quantitative estimate of drug-likeness (QED) is 0.578. The molecule has 0 bridgehead atoms. The topological polar surface area (TPSA) is 0 Å². The van der Waals surface area contributed by atoms with E-state index in [4.69, 9.17) is 0 Å². The van der Waals surface area contributed by atoms with Crippen LogP contribution < -0.4 is 0 Å². The van der Waals surface area contributed by atoms with Crippen LogP contribution in [0.25, 0.3) is 0 Å². The molecule has 0 nitrogen and oxygen atoms in total. The average Bonchev–Trinajstić information content (AvgIpc) is 1.80. The third-order valence-corrected chi connectivity index (χ3v) is 5.64. The van der Waals surface area contributed by atoms with Gasteiger partial charge in [0, 0.05) is 0 Å². The molecule has 1 atom stereocenters. The molecule has 0 aromatic rings. The van der Waals surface area contributed by atoms with Crippen LogP contribution in [0.3, 0.4) is 0 Å². The van der Waals surface area contributed by atoms with Gasteiger partial charge in [0.25, 0.3) is 0 Å². The third-order valence-electron chi connectivity index (χ3n) is 2.47. The monoisotopic (exact) mass is 188 g/mol. The summed E-state index contributed by atoms with van der Waals surface area (Å²) >= 11 is 0. The average molecular weight is 188 g/mol. The van der Waals surface area contributed by atoms with Gasteiger partial charge in [-0.15, -0.1) is 7.92 Å². The van der Waals surface area contributed by atoms with Crippen molar-refractivity contribution in [2.75, 3.05) is 12.8 Å². The van der Waals surface area contributed by atoms with Crippen molar-refractivity contribution in [1.82, 2.24) is 0 Å². The van der Waals surface area contributed by atoms with E-state index in [0.29, 0.717) is 10.6 Å². The smallest absolute Gasteiger partial charge is 0.0149 e. The lowest BCUT2D eigenvalue weighted by molar-refractivity contribution is 0.336. The molecule has 0 unspecified atom stereocenters. The van der Waals surface area contributed by atoms with Crippen LogP contribution in [0.5, 0.6) is 0 Å². The van der Waals surface area contributed by atoms with Gasteiger partial charge in [0.2, 0.25) is 0 Å². The molecule has 0 N–H and O–H groups in total. The van der Waals surface area contributed by atoms with Crippen molar-refractivity contribution >= 4 is 7.92 Å². The van der Waals surface area contributed by atoms with Crippen LogP contribution in [0.15, 0.2) is 0 Å². The van der Waals surface area contributed by atoms with Gasteiger partial charge in [-0.2, -0.15) is 0 Å². The molecule has 0 aliphatic heterocycles. The van der Waals surface area contributed by atoms with Crippen molar-refractivity contribution in [1.29, 1.82) is 0 Å². The van der Waals surface area contributed by atoms with Gasteiger partial charge in [-0.3, -0.25) is 0 Å². The molecular weight excluding hydrogens is 163 g/mol. The number of hydrogen-bond acceptors (Lipinski definition) is 0. The lowest BCUT2D eigenvalue weighted by Gasteiger charge is -2.37. The van der Waals surface area contributed by atoms with Crippen LogP contribution in [0.4, 0.5) is 0 Å².